The van der Waals surface area contributed by atoms with E-state index < -0.39 is 0 Å². The Hall–Kier alpha value is -5.50. The van der Waals surface area contributed by atoms with Gasteiger partial charge in [0.25, 0.3) is 0 Å². The molecular formula is C38H25N3O. The molecule has 2 heterocycles. The second kappa shape index (κ2) is 9.85. The standard InChI is InChI=1S/C38H25N3O/c39-22-28-16-19-31-37-29(17-18-30(36(28)37)25-10-4-1-5-11-25)23-42-24-41-35-21-33(27-14-8-3-9-15-27)32(20-34(35)40-38(31)41)26-12-6-2-7-13-26/h1-21H,23-24H2. The summed E-state index contributed by atoms with van der Waals surface area (Å²) in [7, 11) is 0. The lowest BCUT2D eigenvalue weighted by molar-refractivity contribution is 0.0675. The van der Waals surface area contributed by atoms with Gasteiger partial charge in [0.05, 0.1) is 29.3 Å². The Morgan fingerprint density at radius 3 is 1.86 bits per heavy atom. The average Bonchev–Trinajstić information content (AvgIpc) is 3.40. The summed E-state index contributed by atoms with van der Waals surface area (Å²) in [6, 6.07) is 46.4. The van der Waals surface area contributed by atoms with E-state index >= 15 is 0 Å². The van der Waals surface area contributed by atoms with E-state index in [9.17, 15) is 5.26 Å². The van der Waals surface area contributed by atoms with Crippen molar-refractivity contribution in [3.05, 3.63) is 139 Å². The lowest BCUT2D eigenvalue weighted by Gasteiger charge is -2.20. The van der Waals surface area contributed by atoms with Crippen molar-refractivity contribution in [3.8, 4) is 50.8 Å². The van der Waals surface area contributed by atoms with Crippen LogP contribution < -0.4 is 0 Å². The van der Waals surface area contributed by atoms with Crippen LogP contribution in [0.1, 0.15) is 11.1 Å². The third-order valence-corrected chi connectivity index (χ3v) is 8.23. The second-order valence-corrected chi connectivity index (χ2v) is 10.6. The number of nitriles is 1. The number of aromatic nitrogens is 2. The highest BCUT2D eigenvalue weighted by atomic mass is 16.5. The molecule has 0 N–H and O–H groups in total. The first-order chi connectivity index (χ1) is 20.8. The summed E-state index contributed by atoms with van der Waals surface area (Å²) in [5.74, 6) is 0.842. The first-order valence-electron chi connectivity index (χ1n) is 14.1. The normalized spacial score (nSPS) is 12.5. The van der Waals surface area contributed by atoms with Crippen LogP contribution in [0.25, 0.3) is 66.6 Å². The maximum absolute atomic E-state index is 10.2. The molecular weight excluding hydrogens is 514 g/mol. The molecule has 4 nitrogen and oxygen atoms in total. The van der Waals surface area contributed by atoms with Crippen LogP contribution in [-0.4, -0.2) is 9.55 Å². The summed E-state index contributed by atoms with van der Waals surface area (Å²) in [5.41, 5.74) is 11.3. The van der Waals surface area contributed by atoms with E-state index in [-0.39, 0.29) is 0 Å². The van der Waals surface area contributed by atoms with Gasteiger partial charge in [0.2, 0.25) is 0 Å². The molecule has 4 heteroatoms. The fourth-order valence-electron chi connectivity index (χ4n) is 6.29. The highest BCUT2D eigenvalue weighted by molar-refractivity contribution is 6.09. The van der Waals surface area contributed by atoms with E-state index in [0.717, 1.165) is 72.1 Å². The topological polar surface area (TPSA) is 50.8 Å². The Bertz CT molecular complexity index is 2160. The molecule has 198 valence electrons. The minimum Gasteiger partial charge on any atom is -0.356 e. The van der Waals surface area contributed by atoms with Crippen LogP contribution in [0.2, 0.25) is 0 Å². The smallest absolute Gasteiger partial charge is 0.143 e. The molecule has 1 aromatic heterocycles. The van der Waals surface area contributed by atoms with Crippen molar-refractivity contribution in [2.24, 2.45) is 0 Å². The Labute approximate surface area is 243 Å². The molecule has 0 saturated heterocycles. The van der Waals surface area contributed by atoms with Gasteiger partial charge in [0.15, 0.2) is 0 Å². The van der Waals surface area contributed by atoms with E-state index in [1.807, 2.05) is 36.4 Å². The lowest BCUT2D eigenvalue weighted by atomic mass is 9.89. The zero-order valence-electron chi connectivity index (χ0n) is 22.8. The molecule has 42 heavy (non-hydrogen) atoms. The first-order valence-corrected chi connectivity index (χ1v) is 14.1. The van der Waals surface area contributed by atoms with E-state index in [2.05, 4.69) is 102 Å². The van der Waals surface area contributed by atoms with Crippen LogP contribution in [0, 0.1) is 11.3 Å². The van der Waals surface area contributed by atoms with Crippen LogP contribution >= 0.6 is 0 Å². The number of rotatable bonds is 3. The molecule has 0 radical (unpaired) electrons. The van der Waals surface area contributed by atoms with E-state index in [4.69, 9.17) is 9.72 Å². The molecule has 0 unspecified atom stereocenters. The van der Waals surface area contributed by atoms with Crippen molar-refractivity contribution in [1.82, 2.24) is 9.55 Å². The van der Waals surface area contributed by atoms with Gasteiger partial charge in [-0.2, -0.15) is 5.26 Å². The van der Waals surface area contributed by atoms with Crippen LogP contribution in [0.15, 0.2) is 127 Å². The Morgan fingerprint density at radius 2 is 1.21 bits per heavy atom. The molecule has 8 rings (SSSR count). The van der Waals surface area contributed by atoms with Gasteiger partial charge < -0.3 is 4.74 Å². The van der Waals surface area contributed by atoms with E-state index in [0.29, 0.717) is 18.9 Å². The number of hydrogen-bond donors (Lipinski definition) is 0. The van der Waals surface area contributed by atoms with Gasteiger partial charge in [-0.3, -0.25) is 4.57 Å². The fourth-order valence-corrected chi connectivity index (χ4v) is 6.29. The van der Waals surface area contributed by atoms with Gasteiger partial charge in [-0.15, -0.1) is 0 Å². The van der Waals surface area contributed by atoms with E-state index in [1.54, 1.807) is 0 Å². The molecule has 1 aliphatic heterocycles. The Kier molecular flexibility index (Phi) is 5.70. The zero-order chi connectivity index (χ0) is 28.0. The molecule has 0 fully saturated rings. The quantitative estimate of drug-likeness (QED) is 0.225. The van der Waals surface area contributed by atoms with Crippen molar-refractivity contribution in [1.29, 1.82) is 5.26 Å². The summed E-state index contributed by atoms with van der Waals surface area (Å²) < 4.78 is 8.51. The zero-order valence-corrected chi connectivity index (χ0v) is 22.8. The highest BCUT2D eigenvalue weighted by Crippen LogP contribution is 2.42. The summed E-state index contributed by atoms with van der Waals surface area (Å²) in [4.78, 5) is 5.26. The van der Waals surface area contributed by atoms with Crippen molar-refractivity contribution in [2.45, 2.75) is 13.3 Å². The highest BCUT2D eigenvalue weighted by Gasteiger charge is 2.24. The summed E-state index contributed by atoms with van der Waals surface area (Å²) in [6.07, 6.45) is 0. The second-order valence-electron chi connectivity index (χ2n) is 10.6. The molecule has 0 atom stereocenters. The van der Waals surface area contributed by atoms with E-state index in [1.165, 1.54) is 0 Å². The molecule has 0 aliphatic carbocycles. The SMILES string of the molecule is N#Cc1ccc2c3c(ccc(-c4ccccc4)c13)COCn1c-2nc2cc(-c3ccccc3)c(-c3ccccc3)cc21. The average molecular weight is 540 g/mol. The third-order valence-electron chi connectivity index (χ3n) is 8.23. The predicted molar refractivity (Wildman–Crippen MR) is 168 cm³/mol. The number of hydrogen-bond acceptors (Lipinski definition) is 3. The van der Waals surface area contributed by atoms with Crippen molar-refractivity contribution < 1.29 is 4.74 Å². The molecule has 7 aromatic rings. The van der Waals surface area contributed by atoms with Gasteiger partial charge in [-0.05, 0) is 63.2 Å². The van der Waals surface area contributed by atoms with Crippen LogP contribution in [0.4, 0.5) is 0 Å². The minimum absolute atomic E-state index is 0.381. The number of fused-ring (bicyclic) bond motifs is 4. The molecule has 6 aromatic carbocycles. The molecule has 0 saturated carbocycles. The Morgan fingerprint density at radius 1 is 0.619 bits per heavy atom. The molecule has 0 spiro atoms. The largest absolute Gasteiger partial charge is 0.356 e. The first kappa shape index (κ1) is 24.3. The molecule has 1 aliphatic rings. The summed E-state index contributed by atoms with van der Waals surface area (Å²) in [6.45, 7) is 0.826. The van der Waals surface area contributed by atoms with Crippen LogP contribution in [-0.2, 0) is 18.1 Å². The minimum atomic E-state index is 0.381. The van der Waals surface area contributed by atoms with Crippen molar-refractivity contribution in [2.75, 3.05) is 0 Å². The van der Waals surface area contributed by atoms with Crippen LogP contribution in [0.3, 0.4) is 0 Å². The summed E-state index contributed by atoms with van der Waals surface area (Å²) in [5, 5.41) is 12.2. The Balaban J connectivity index is 1.44. The van der Waals surface area contributed by atoms with Gasteiger partial charge >= 0.3 is 0 Å². The third kappa shape index (κ3) is 3.83. The molecule has 0 bridgehead atoms. The van der Waals surface area contributed by atoms with Crippen molar-refractivity contribution >= 4 is 21.8 Å². The van der Waals surface area contributed by atoms with Crippen molar-refractivity contribution in [3.63, 3.8) is 0 Å². The van der Waals surface area contributed by atoms with Gasteiger partial charge in [0.1, 0.15) is 12.6 Å². The number of ether oxygens (including phenoxy) is 1. The monoisotopic (exact) mass is 539 g/mol. The predicted octanol–water partition coefficient (Wildman–Crippen LogP) is 9.22. The van der Waals surface area contributed by atoms with Gasteiger partial charge in [-0.25, -0.2) is 4.98 Å². The molecule has 0 amide bonds. The summed E-state index contributed by atoms with van der Waals surface area (Å²) >= 11 is 0. The number of nitrogens with zero attached hydrogens (tertiary/aromatic N) is 3. The van der Waals surface area contributed by atoms with Gasteiger partial charge in [-0.1, -0.05) is 103 Å². The van der Waals surface area contributed by atoms with Crippen LogP contribution in [0.5, 0.6) is 0 Å². The fraction of sp³-hybridized carbons (Fsp3) is 0.0526. The number of benzene rings is 6. The lowest BCUT2D eigenvalue weighted by Crippen LogP contribution is -2.09. The maximum atomic E-state index is 10.2. The maximum Gasteiger partial charge on any atom is 0.143 e. The number of imidazole rings is 1. The van der Waals surface area contributed by atoms with Gasteiger partial charge in [0, 0.05) is 16.3 Å².